The zero-order chi connectivity index (χ0) is 14.5. The number of nitrogens with zero attached hydrogens (tertiary/aromatic N) is 1. The minimum Gasteiger partial charge on any atom is -0.486 e. The summed E-state index contributed by atoms with van der Waals surface area (Å²) in [7, 11) is 0. The summed E-state index contributed by atoms with van der Waals surface area (Å²) in [6, 6.07) is 5.17. The summed E-state index contributed by atoms with van der Waals surface area (Å²) in [5, 5.41) is 11.9. The molecule has 0 fully saturated rings. The highest BCUT2D eigenvalue weighted by Gasteiger charge is 2.27. The van der Waals surface area contributed by atoms with Crippen LogP contribution in [-0.4, -0.2) is 16.9 Å². The molecule has 0 saturated carbocycles. The van der Waals surface area contributed by atoms with Crippen LogP contribution in [0, 0.1) is 22.5 Å². The van der Waals surface area contributed by atoms with Gasteiger partial charge in [-0.1, -0.05) is 41.9 Å². The molecule has 0 radical (unpaired) electrons. The highest BCUT2D eigenvalue weighted by atomic mass is 79.9. The second kappa shape index (κ2) is 6.89. The van der Waals surface area contributed by atoms with Gasteiger partial charge >= 0.3 is 5.69 Å². The van der Waals surface area contributed by atoms with Crippen molar-refractivity contribution in [2.45, 2.75) is 33.6 Å². The Balaban J connectivity index is 2.95. The molecule has 19 heavy (non-hydrogen) atoms. The van der Waals surface area contributed by atoms with Crippen molar-refractivity contribution in [2.24, 2.45) is 5.41 Å². The Labute approximate surface area is 122 Å². The van der Waals surface area contributed by atoms with Crippen LogP contribution in [0.15, 0.2) is 18.2 Å². The molecule has 0 heterocycles. The van der Waals surface area contributed by atoms with E-state index in [2.05, 4.69) is 29.8 Å². The van der Waals surface area contributed by atoms with Crippen LogP contribution in [0.25, 0.3) is 0 Å². The van der Waals surface area contributed by atoms with Crippen molar-refractivity contribution in [3.05, 3.63) is 33.9 Å². The predicted octanol–water partition coefficient (Wildman–Crippen LogP) is 4.48. The van der Waals surface area contributed by atoms with E-state index < -0.39 is 0 Å². The molecule has 5 heteroatoms. The molecule has 0 aliphatic heterocycles. The lowest BCUT2D eigenvalue weighted by atomic mass is 9.86. The number of rotatable bonds is 7. The van der Waals surface area contributed by atoms with Gasteiger partial charge in [-0.3, -0.25) is 10.1 Å². The minimum absolute atomic E-state index is 0.0254. The van der Waals surface area contributed by atoms with Gasteiger partial charge in [0, 0.05) is 16.3 Å². The molecule has 106 valence electrons. The molecule has 1 rings (SSSR count). The Morgan fingerprint density at radius 1 is 1.37 bits per heavy atom. The first-order chi connectivity index (χ1) is 8.99. The molecule has 0 amide bonds. The van der Waals surface area contributed by atoms with E-state index in [1.54, 1.807) is 25.1 Å². The first-order valence-electron chi connectivity index (χ1n) is 6.42. The number of halogens is 1. The number of ether oxygens (including phenoxy) is 1. The number of aryl methyl sites for hydroxylation is 1. The monoisotopic (exact) mass is 329 g/mol. The smallest absolute Gasteiger partial charge is 0.313 e. The summed E-state index contributed by atoms with van der Waals surface area (Å²) in [5.41, 5.74) is 0.718. The van der Waals surface area contributed by atoms with E-state index in [1.807, 2.05) is 0 Å². The van der Waals surface area contributed by atoms with Crippen molar-refractivity contribution in [3.63, 3.8) is 0 Å². The number of benzene rings is 1. The Kier molecular flexibility index (Phi) is 5.79. The van der Waals surface area contributed by atoms with Crippen LogP contribution in [0.3, 0.4) is 0 Å². The summed E-state index contributed by atoms with van der Waals surface area (Å²) < 4.78 is 5.75. The molecule has 1 aromatic carbocycles. The Bertz CT molecular complexity index is 436. The van der Waals surface area contributed by atoms with E-state index in [1.165, 1.54) is 0 Å². The number of alkyl halides is 1. The van der Waals surface area contributed by atoms with E-state index in [-0.39, 0.29) is 16.0 Å². The van der Waals surface area contributed by atoms with E-state index in [9.17, 15) is 10.1 Å². The topological polar surface area (TPSA) is 52.4 Å². The molecule has 4 nitrogen and oxygen atoms in total. The highest BCUT2D eigenvalue weighted by molar-refractivity contribution is 9.09. The van der Waals surface area contributed by atoms with Gasteiger partial charge in [0.15, 0.2) is 5.75 Å². The van der Waals surface area contributed by atoms with Crippen molar-refractivity contribution in [1.29, 1.82) is 0 Å². The molecule has 0 aromatic heterocycles. The van der Waals surface area contributed by atoms with Crippen molar-refractivity contribution in [1.82, 2.24) is 0 Å². The third-order valence-electron chi connectivity index (χ3n) is 3.70. The molecular weight excluding hydrogens is 310 g/mol. The number of nitro benzene ring substituents is 1. The lowest BCUT2D eigenvalue weighted by Crippen LogP contribution is -2.29. The van der Waals surface area contributed by atoms with Crippen molar-refractivity contribution in [3.8, 4) is 5.75 Å². The summed E-state index contributed by atoms with van der Waals surface area (Å²) >= 11 is 3.51. The molecular formula is C14H20BrNO3. The van der Waals surface area contributed by atoms with Gasteiger partial charge in [-0.05, 0) is 25.8 Å². The second-order valence-corrected chi connectivity index (χ2v) is 5.37. The quantitative estimate of drug-likeness (QED) is 0.421. The predicted molar refractivity (Wildman–Crippen MR) is 80.1 cm³/mol. The maximum Gasteiger partial charge on any atom is 0.313 e. The van der Waals surface area contributed by atoms with Gasteiger partial charge < -0.3 is 4.74 Å². The molecule has 0 spiro atoms. The summed E-state index contributed by atoms with van der Waals surface area (Å²) in [6.07, 6.45) is 1.93. The fourth-order valence-corrected chi connectivity index (χ4v) is 2.85. The average Bonchev–Trinajstić information content (AvgIpc) is 2.40. The average molecular weight is 330 g/mol. The zero-order valence-corrected chi connectivity index (χ0v) is 13.2. The fourth-order valence-electron chi connectivity index (χ4n) is 1.90. The van der Waals surface area contributed by atoms with Crippen LogP contribution in [0.1, 0.15) is 32.3 Å². The maximum atomic E-state index is 11.1. The van der Waals surface area contributed by atoms with Gasteiger partial charge in [0.1, 0.15) is 0 Å². The number of nitro groups is 1. The van der Waals surface area contributed by atoms with E-state index >= 15 is 0 Å². The number of hydrogen-bond acceptors (Lipinski definition) is 3. The van der Waals surface area contributed by atoms with Crippen LogP contribution in [0.2, 0.25) is 0 Å². The van der Waals surface area contributed by atoms with Crippen LogP contribution in [0.5, 0.6) is 5.75 Å². The SMILES string of the molecule is CCC(CC)(CBr)COc1cccc(C)c1[N+](=O)[O-]. The van der Waals surface area contributed by atoms with Crippen molar-refractivity contribution < 1.29 is 9.66 Å². The van der Waals surface area contributed by atoms with Gasteiger partial charge in [-0.25, -0.2) is 0 Å². The zero-order valence-electron chi connectivity index (χ0n) is 11.6. The molecule has 0 N–H and O–H groups in total. The largest absolute Gasteiger partial charge is 0.486 e. The van der Waals surface area contributed by atoms with Gasteiger partial charge in [-0.2, -0.15) is 0 Å². The van der Waals surface area contributed by atoms with E-state index in [0.717, 1.165) is 18.2 Å². The Hall–Kier alpha value is -1.10. The van der Waals surface area contributed by atoms with Crippen LogP contribution >= 0.6 is 15.9 Å². The fraction of sp³-hybridized carbons (Fsp3) is 0.571. The van der Waals surface area contributed by atoms with Gasteiger partial charge in [0.25, 0.3) is 0 Å². The van der Waals surface area contributed by atoms with E-state index in [4.69, 9.17) is 4.74 Å². The van der Waals surface area contributed by atoms with E-state index in [0.29, 0.717) is 17.9 Å². The molecule has 1 aromatic rings. The second-order valence-electron chi connectivity index (χ2n) is 4.81. The van der Waals surface area contributed by atoms with Gasteiger partial charge in [-0.15, -0.1) is 0 Å². The Morgan fingerprint density at radius 3 is 2.47 bits per heavy atom. The van der Waals surface area contributed by atoms with Crippen LogP contribution < -0.4 is 4.74 Å². The molecule has 0 unspecified atom stereocenters. The first-order valence-corrected chi connectivity index (χ1v) is 7.54. The molecule has 0 aliphatic rings. The summed E-state index contributed by atoms with van der Waals surface area (Å²) in [6.45, 7) is 6.43. The highest BCUT2D eigenvalue weighted by Crippen LogP contribution is 2.34. The molecule has 0 aliphatic carbocycles. The van der Waals surface area contributed by atoms with Crippen molar-refractivity contribution >= 4 is 21.6 Å². The van der Waals surface area contributed by atoms with Gasteiger partial charge in [0.2, 0.25) is 0 Å². The summed E-state index contributed by atoms with van der Waals surface area (Å²) in [5.74, 6) is 0.359. The minimum atomic E-state index is -0.377. The normalized spacial score (nSPS) is 11.4. The van der Waals surface area contributed by atoms with Crippen LogP contribution in [0.4, 0.5) is 5.69 Å². The van der Waals surface area contributed by atoms with Crippen LogP contribution in [-0.2, 0) is 0 Å². The lowest BCUT2D eigenvalue weighted by molar-refractivity contribution is -0.386. The van der Waals surface area contributed by atoms with Gasteiger partial charge in [0.05, 0.1) is 11.5 Å². The number of hydrogen-bond donors (Lipinski definition) is 0. The Morgan fingerprint density at radius 2 is 2.00 bits per heavy atom. The number of para-hydroxylation sites is 1. The standard InChI is InChI=1S/C14H20BrNO3/c1-4-14(5-2,9-15)10-19-12-8-6-7-11(3)13(12)16(17)18/h6-8H,4-5,9-10H2,1-3H3. The lowest BCUT2D eigenvalue weighted by Gasteiger charge is -2.29. The summed E-state index contributed by atoms with van der Waals surface area (Å²) in [4.78, 5) is 10.7. The maximum absolute atomic E-state index is 11.1. The third-order valence-corrected chi connectivity index (χ3v) is 4.89. The molecule has 0 atom stereocenters. The molecule has 0 bridgehead atoms. The third kappa shape index (κ3) is 3.69. The first kappa shape index (κ1) is 16.0. The van der Waals surface area contributed by atoms with Crippen molar-refractivity contribution in [2.75, 3.05) is 11.9 Å². The molecule has 0 saturated heterocycles.